The molecular weight excluding hydrogens is 323 g/mol. The van der Waals surface area contributed by atoms with Crippen LogP contribution in [-0.4, -0.2) is 6.54 Å². The summed E-state index contributed by atoms with van der Waals surface area (Å²) in [6.45, 7) is 1.29. The van der Waals surface area contributed by atoms with Crippen LogP contribution in [0.3, 0.4) is 0 Å². The van der Waals surface area contributed by atoms with Crippen LogP contribution in [0.4, 0.5) is 13.2 Å². The predicted octanol–water partition coefficient (Wildman–Crippen LogP) is 5.66. The highest BCUT2D eigenvalue weighted by Crippen LogP contribution is 2.29. The van der Waals surface area contributed by atoms with Crippen molar-refractivity contribution >= 4 is 16.8 Å². The molecule has 1 N–H and O–H groups in total. The zero-order valence-corrected chi connectivity index (χ0v) is 13.6. The summed E-state index contributed by atoms with van der Waals surface area (Å²) in [7, 11) is 0. The Bertz CT molecular complexity index is 876. The van der Waals surface area contributed by atoms with Gasteiger partial charge in [-0.25, -0.2) is 0 Å². The first-order valence-corrected chi connectivity index (χ1v) is 8.05. The molecule has 0 amide bonds. The van der Waals surface area contributed by atoms with Gasteiger partial charge in [0.25, 0.3) is 0 Å². The summed E-state index contributed by atoms with van der Waals surface area (Å²) >= 11 is 0. The van der Waals surface area contributed by atoms with Gasteiger partial charge in [0.2, 0.25) is 0 Å². The highest BCUT2D eigenvalue weighted by Gasteiger charge is 2.30. The van der Waals surface area contributed by atoms with Crippen LogP contribution in [0.5, 0.6) is 0 Å². The zero-order chi connectivity index (χ0) is 17.7. The molecule has 0 unspecified atom stereocenters. The van der Waals surface area contributed by atoms with Crippen molar-refractivity contribution in [1.29, 1.82) is 0 Å². The second-order valence-electron chi connectivity index (χ2n) is 5.79. The molecule has 0 saturated heterocycles. The van der Waals surface area contributed by atoms with E-state index in [1.807, 2.05) is 24.3 Å². The van der Waals surface area contributed by atoms with Crippen molar-refractivity contribution in [2.75, 3.05) is 6.54 Å². The van der Waals surface area contributed by atoms with E-state index in [0.29, 0.717) is 18.7 Å². The van der Waals surface area contributed by atoms with Gasteiger partial charge in [0.15, 0.2) is 0 Å². The van der Waals surface area contributed by atoms with Crippen LogP contribution in [0.2, 0.25) is 0 Å². The molecule has 3 aromatic rings. The first kappa shape index (κ1) is 17.2. The molecule has 3 rings (SSSR count). The molecule has 0 radical (unpaired) electrons. The van der Waals surface area contributed by atoms with E-state index < -0.39 is 11.7 Å². The van der Waals surface area contributed by atoms with Crippen LogP contribution in [0, 0.1) is 0 Å². The highest BCUT2D eigenvalue weighted by atomic mass is 19.4. The Kier molecular flexibility index (Phi) is 5.19. The van der Waals surface area contributed by atoms with E-state index in [1.165, 1.54) is 22.4 Å². The summed E-state index contributed by atoms with van der Waals surface area (Å²) in [4.78, 5) is 0. The van der Waals surface area contributed by atoms with Crippen LogP contribution in [0.25, 0.3) is 16.8 Å². The van der Waals surface area contributed by atoms with Crippen molar-refractivity contribution in [3.8, 4) is 0 Å². The molecule has 1 nitrogen and oxygen atoms in total. The maximum atomic E-state index is 12.7. The van der Waals surface area contributed by atoms with E-state index >= 15 is 0 Å². The molecule has 128 valence electrons. The number of nitrogens with one attached hydrogen (secondary N) is 1. The van der Waals surface area contributed by atoms with Crippen molar-refractivity contribution in [3.05, 3.63) is 89.5 Å². The molecular formula is C21H18F3N. The van der Waals surface area contributed by atoms with E-state index in [-0.39, 0.29) is 0 Å². The summed E-state index contributed by atoms with van der Waals surface area (Å²) in [5, 5.41) is 5.70. The molecule has 0 bridgehead atoms. The fourth-order valence-electron chi connectivity index (χ4n) is 2.75. The zero-order valence-electron chi connectivity index (χ0n) is 13.6. The maximum Gasteiger partial charge on any atom is 0.416 e. The Balaban J connectivity index is 1.59. The van der Waals surface area contributed by atoms with Crippen molar-refractivity contribution in [3.63, 3.8) is 0 Å². The lowest BCUT2D eigenvalue weighted by Crippen LogP contribution is -2.13. The number of hydrogen-bond acceptors (Lipinski definition) is 1. The van der Waals surface area contributed by atoms with Crippen molar-refractivity contribution in [1.82, 2.24) is 5.32 Å². The summed E-state index contributed by atoms with van der Waals surface area (Å²) in [6.07, 6.45) is -0.775. The molecule has 0 heterocycles. The molecule has 0 fully saturated rings. The number of hydrogen-bond donors (Lipinski definition) is 1. The van der Waals surface area contributed by atoms with Crippen molar-refractivity contribution in [2.45, 2.75) is 12.7 Å². The SMILES string of the molecule is FC(F)(F)c1cccc(/C=C\CNCc2cccc3ccccc23)c1. The molecule has 0 saturated carbocycles. The van der Waals surface area contributed by atoms with Crippen LogP contribution in [0.15, 0.2) is 72.8 Å². The Morgan fingerprint density at radius 3 is 2.48 bits per heavy atom. The molecule has 0 atom stereocenters. The predicted molar refractivity (Wildman–Crippen MR) is 96.1 cm³/mol. The van der Waals surface area contributed by atoms with Crippen molar-refractivity contribution in [2.24, 2.45) is 0 Å². The van der Waals surface area contributed by atoms with Gasteiger partial charge < -0.3 is 5.32 Å². The Hall–Kier alpha value is -2.59. The minimum atomic E-state index is -4.31. The van der Waals surface area contributed by atoms with E-state index in [9.17, 15) is 13.2 Å². The summed E-state index contributed by atoms with van der Waals surface area (Å²) in [5.74, 6) is 0. The second-order valence-corrected chi connectivity index (χ2v) is 5.79. The molecule has 0 aliphatic carbocycles. The number of fused-ring (bicyclic) bond motifs is 1. The minimum Gasteiger partial charge on any atom is -0.309 e. The fraction of sp³-hybridized carbons (Fsp3) is 0.143. The monoisotopic (exact) mass is 341 g/mol. The Morgan fingerprint density at radius 2 is 1.64 bits per heavy atom. The largest absolute Gasteiger partial charge is 0.416 e. The first-order valence-electron chi connectivity index (χ1n) is 8.05. The average molecular weight is 341 g/mol. The van der Waals surface area contributed by atoms with Crippen LogP contribution in [0.1, 0.15) is 16.7 Å². The molecule has 0 aromatic heterocycles. The third kappa shape index (κ3) is 4.48. The summed E-state index contributed by atoms with van der Waals surface area (Å²) in [6, 6.07) is 19.7. The average Bonchev–Trinajstić information content (AvgIpc) is 2.61. The maximum absolute atomic E-state index is 12.7. The number of rotatable bonds is 5. The van der Waals surface area contributed by atoms with E-state index in [1.54, 1.807) is 12.1 Å². The van der Waals surface area contributed by atoms with Crippen LogP contribution < -0.4 is 5.32 Å². The van der Waals surface area contributed by atoms with Gasteiger partial charge in [0, 0.05) is 13.1 Å². The van der Waals surface area contributed by atoms with Crippen LogP contribution in [-0.2, 0) is 12.7 Å². The van der Waals surface area contributed by atoms with Crippen molar-refractivity contribution < 1.29 is 13.2 Å². The molecule has 4 heteroatoms. The van der Waals surface area contributed by atoms with Gasteiger partial charge in [-0.15, -0.1) is 0 Å². The second kappa shape index (κ2) is 7.53. The summed E-state index contributed by atoms with van der Waals surface area (Å²) < 4.78 is 38.1. The third-order valence-electron chi connectivity index (χ3n) is 3.98. The number of benzene rings is 3. The molecule has 0 aliphatic heterocycles. The van der Waals surface area contributed by atoms with Crippen LogP contribution >= 0.6 is 0 Å². The quantitative estimate of drug-likeness (QED) is 0.590. The van der Waals surface area contributed by atoms with Gasteiger partial charge in [0.1, 0.15) is 0 Å². The molecule has 25 heavy (non-hydrogen) atoms. The number of halogens is 3. The van der Waals surface area contributed by atoms with Gasteiger partial charge in [-0.3, -0.25) is 0 Å². The lowest BCUT2D eigenvalue weighted by molar-refractivity contribution is -0.137. The van der Waals surface area contributed by atoms with Gasteiger partial charge in [0.05, 0.1) is 5.56 Å². The minimum absolute atomic E-state index is 0.543. The Morgan fingerprint density at radius 1 is 0.880 bits per heavy atom. The lowest BCUT2D eigenvalue weighted by atomic mass is 10.0. The fourth-order valence-corrected chi connectivity index (χ4v) is 2.75. The smallest absolute Gasteiger partial charge is 0.309 e. The van der Waals surface area contributed by atoms with E-state index in [2.05, 4.69) is 29.6 Å². The Labute approximate surface area is 144 Å². The normalized spacial score (nSPS) is 12.1. The van der Waals surface area contributed by atoms with E-state index in [4.69, 9.17) is 0 Å². The van der Waals surface area contributed by atoms with Gasteiger partial charge >= 0.3 is 6.18 Å². The van der Waals surface area contributed by atoms with Gasteiger partial charge in [-0.05, 0) is 34.0 Å². The molecule has 0 aliphatic rings. The summed E-state index contributed by atoms with van der Waals surface area (Å²) in [5.41, 5.74) is 1.12. The standard InChI is InChI=1S/C21H18F3N/c22-21(23,24)19-11-3-6-16(14-19)7-5-13-25-15-18-10-4-9-17-8-1-2-12-20(17)18/h1-12,14,25H,13,15H2/b7-5-. The molecule has 0 spiro atoms. The van der Waals surface area contributed by atoms with Gasteiger partial charge in [-0.2, -0.15) is 13.2 Å². The highest BCUT2D eigenvalue weighted by molar-refractivity contribution is 5.85. The topological polar surface area (TPSA) is 12.0 Å². The first-order chi connectivity index (χ1) is 12.0. The third-order valence-corrected chi connectivity index (χ3v) is 3.98. The number of alkyl halides is 3. The van der Waals surface area contributed by atoms with Gasteiger partial charge in [-0.1, -0.05) is 66.7 Å². The lowest BCUT2D eigenvalue weighted by Gasteiger charge is -2.07. The molecule has 3 aromatic carbocycles. The van der Waals surface area contributed by atoms with E-state index in [0.717, 1.165) is 12.1 Å².